The molecular formula is C23H14BrFN4O. The monoisotopic (exact) mass is 460 g/mol. The van der Waals surface area contributed by atoms with Crippen molar-refractivity contribution in [1.82, 2.24) is 19.5 Å². The molecule has 0 amide bonds. The standard InChI is InChI=1S/C23H14BrFN4O/c24-16-11-9-14(10-12-16)21-26-19-22(29(21)18-7-2-1-3-8-18)27-20(28-23(19)30)15-5-4-6-17(25)13-15/h1-13H,(H,27,28,30). The number of aromatic nitrogens is 4. The number of fused-ring (bicyclic) bond motifs is 1. The fraction of sp³-hybridized carbons (Fsp3) is 0. The van der Waals surface area contributed by atoms with Crippen LogP contribution in [0.1, 0.15) is 0 Å². The van der Waals surface area contributed by atoms with E-state index in [9.17, 15) is 9.18 Å². The van der Waals surface area contributed by atoms with Crippen molar-refractivity contribution in [2.24, 2.45) is 0 Å². The highest BCUT2D eigenvalue weighted by atomic mass is 79.9. The number of halogens is 2. The second kappa shape index (κ2) is 7.35. The van der Waals surface area contributed by atoms with Gasteiger partial charge < -0.3 is 4.98 Å². The minimum Gasteiger partial charge on any atom is -0.305 e. The topological polar surface area (TPSA) is 63.6 Å². The van der Waals surface area contributed by atoms with E-state index >= 15 is 0 Å². The van der Waals surface area contributed by atoms with Gasteiger partial charge in [-0.1, -0.05) is 58.4 Å². The number of H-pyrrole nitrogens is 1. The molecule has 0 saturated heterocycles. The van der Waals surface area contributed by atoms with E-state index in [1.165, 1.54) is 12.1 Å². The summed E-state index contributed by atoms with van der Waals surface area (Å²) in [5.74, 6) is 0.479. The summed E-state index contributed by atoms with van der Waals surface area (Å²) in [5, 5.41) is 0. The number of nitrogens with one attached hydrogen (secondary N) is 1. The van der Waals surface area contributed by atoms with Crippen LogP contribution in [0, 0.1) is 5.82 Å². The molecule has 0 fully saturated rings. The third kappa shape index (κ3) is 3.23. The second-order valence-corrected chi connectivity index (χ2v) is 7.63. The fourth-order valence-electron chi connectivity index (χ4n) is 3.35. The maximum absolute atomic E-state index is 13.7. The number of nitrogens with zero attached hydrogens (tertiary/aromatic N) is 3. The van der Waals surface area contributed by atoms with E-state index in [1.807, 2.05) is 59.2 Å². The van der Waals surface area contributed by atoms with Crippen LogP contribution in [0.3, 0.4) is 0 Å². The van der Waals surface area contributed by atoms with Crippen LogP contribution in [0.4, 0.5) is 4.39 Å². The number of hydrogen-bond donors (Lipinski definition) is 1. The van der Waals surface area contributed by atoms with Crippen molar-refractivity contribution in [2.45, 2.75) is 0 Å². The molecule has 0 aliphatic carbocycles. The Hall–Kier alpha value is -3.58. The van der Waals surface area contributed by atoms with Crippen LogP contribution in [-0.2, 0) is 0 Å². The number of aromatic amines is 1. The lowest BCUT2D eigenvalue weighted by Crippen LogP contribution is -2.10. The van der Waals surface area contributed by atoms with Gasteiger partial charge >= 0.3 is 0 Å². The quantitative estimate of drug-likeness (QED) is 0.394. The number of imidazole rings is 1. The molecule has 1 N–H and O–H groups in total. The molecule has 3 aromatic carbocycles. The molecule has 0 radical (unpaired) electrons. The highest BCUT2D eigenvalue weighted by Gasteiger charge is 2.19. The first-order valence-electron chi connectivity index (χ1n) is 9.20. The van der Waals surface area contributed by atoms with E-state index in [2.05, 4.69) is 30.9 Å². The zero-order valence-electron chi connectivity index (χ0n) is 15.5. The second-order valence-electron chi connectivity index (χ2n) is 6.71. The SMILES string of the molecule is O=c1[nH]c(-c2cccc(F)c2)nc2c1nc(-c1ccc(Br)cc1)n2-c1ccccc1. The fourth-order valence-corrected chi connectivity index (χ4v) is 3.62. The molecule has 0 bridgehead atoms. The van der Waals surface area contributed by atoms with Gasteiger partial charge in [-0.15, -0.1) is 0 Å². The van der Waals surface area contributed by atoms with E-state index in [4.69, 9.17) is 0 Å². The van der Waals surface area contributed by atoms with Crippen molar-refractivity contribution in [1.29, 1.82) is 0 Å². The van der Waals surface area contributed by atoms with Gasteiger partial charge in [-0.3, -0.25) is 9.36 Å². The molecule has 2 aromatic heterocycles. The first-order chi connectivity index (χ1) is 14.6. The number of rotatable bonds is 3. The average molecular weight is 461 g/mol. The summed E-state index contributed by atoms with van der Waals surface area (Å²) in [4.78, 5) is 24.9. The number of benzene rings is 3. The van der Waals surface area contributed by atoms with Crippen LogP contribution >= 0.6 is 15.9 Å². The van der Waals surface area contributed by atoms with Gasteiger partial charge in [-0.05, 0) is 36.4 Å². The third-order valence-corrected chi connectivity index (χ3v) is 5.26. The van der Waals surface area contributed by atoms with Gasteiger partial charge in [0.1, 0.15) is 17.5 Å². The Morgan fingerprint density at radius 2 is 1.63 bits per heavy atom. The van der Waals surface area contributed by atoms with Crippen molar-refractivity contribution in [3.8, 4) is 28.5 Å². The summed E-state index contributed by atoms with van der Waals surface area (Å²) in [6, 6.07) is 23.2. The van der Waals surface area contributed by atoms with E-state index in [1.54, 1.807) is 12.1 Å². The summed E-state index contributed by atoms with van der Waals surface area (Å²) in [6.45, 7) is 0. The van der Waals surface area contributed by atoms with Gasteiger partial charge in [-0.25, -0.2) is 14.4 Å². The number of para-hydroxylation sites is 1. The third-order valence-electron chi connectivity index (χ3n) is 4.73. The molecule has 0 aliphatic rings. The van der Waals surface area contributed by atoms with Crippen molar-refractivity contribution >= 4 is 27.1 Å². The van der Waals surface area contributed by atoms with Gasteiger partial charge in [0.25, 0.3) is 5.56 Å². The molecule has 5 rings (SSSR count). The Kier molecular flexibility index (Phi) is 4.52. The zero-order valence-corrected chi connectivity index (χ0v) is 17.1. The molecule has 2 heterocycles. The van der Waals surface area contributed by atoms with Crippen LogP contribution < -0.4 is 5.56 Å². The lowest BCUT2D eigenvalue weighted by Gasteiger charge is -2.09. The lowest BCUT2D eigenvalue weighted by molar-refractivity contribution is 0.628. The predicted octanol–water partition coefficient (Wildman–Crippen LogP) is 5.34. The van der Waals surface area contributed by atoms with Gasteiger partial charge in [0.15, 0.2) is 11.2 Å². The molecule has 5 nitrogen and oxygen atoms in total. The molecule has 0 spiro atoms. The Morgan fingerprint density at radius 3 is 2.37 bits per heavy atom. The van der Waals surface area contributed by atoms with Crippen LogP contribution in [-0.4, -0.2) is 19.5 Å². The van der Waals surface area contributed by atoms with Gasteiger partial charge in [0, 0.05) is 21.3 Å². The van der Waals surface area contributed by atoms with Crippen molar-refractivity contribution in [3.05, 3.63) is 99.5 Å². The first kappa shape index (κ1) is 18.4. The molecule has 0 saturated carbocycles. The minimum absolute atomic E-state index is 0.219. The summed E-state index contributed by atoms with van der Waals surface area (Å²) >= 11 is 3.44. The molecule has 7 heteroatoms. The van der Waals surface area contributed by atoms with Crippen LogP contribution in [0.15, 0.2) is 88.1 Å². The molecule has 0 unspecified atom stereocenters. The summed E-state index contributed by atoms with van der Waals surface area (Å²) in [6.07, 6.45) is 0. The van der Waals surface area contributed by atoms with Crippen molar-refractivity contribution < 1.29 is 4.39 Å². The summed E-state index contributed by atoms with van der Waals surface area (Å²) in [7, 11) is 0. The van der Waals surface area contributed by atoms with Crippen molar-refractivity contribution in [3.63, 3.8) is 0 Å². The Balaban J connectivity index is 1.84. The van der Waals surface area contributed by atoms with Gasteiger partial charge in [0.05, 0.1) is 0 Å². The normalized spacial score (nSPS) is 11.1. The minimum atomic E-state index is -0.401. The van der Waals surface area contributed by atoms with Crippen LogP contribution in [0.25, 0.3) is 39.6 Å². The number of hydrogen-bond acceptors (Lipinski definition) is 3. The Labute approximate surface area is 179 Å². The highest BCUT2D eigenvalue weighted by molar-refractivity contribution is 9.10. The predicted molar refractivity (Wildman–Crippen MR) is 118 cm³/mol. The maximum atomic E-state index is 13.7. The average Bonchev–Trinajstić information content (AvgIpc) is 3.15. The molecule has 30 heavy (non-hydrogen) atoms. The van der Waals surface area contributed by atoms with Crippen molar-refractivity contribution in [2.75, 3.05) is 0 Å². The van der Waals surface area contributed by atoms with E-state index in [0.29, 0.717) is 17.0 Å². The Bertz CT molecular complexity index is 1430. The molecule has 5 aromatic rings. The highest BCUT2D eigenvalue weighted by Crippen LogP contribution is 2.28. The van der Waals surface area contributed by atoms with Crippen LogP contribution in [0.2, 0.25) is 0 Å². The van der Waals surface area contributed by atoms with E-state index < -0.39 is 5.82 Å². The van der Waals surface area contributed by atoms with Crippen LogP contribution in [0.5, 0.6) is 0 Å². The molecule has 0 aliphatic heterocycles. The molecular weight excluding hydrogens is 447 g/mol. The lowest BCUT2D eigenvalue weighted by atomic mass is 10.2. The van der Waals surface area contributed by atoms with Gasteiger partial charge in [-0.2, -0.15) is 0 Å². The van der Waals surface area contributed by atoms with E-state index in [0.717, 1.165) is 15.7 Å². The zero-order chi connectivity index (χ0) is 20.7. The largest absolute Gasteiger partial charge is 0.305 e. The molecule has 146 valence electrons. The first-order valence-corrected chi connectivity index (χ1v) is 9.99. The smallest absolute Gasteiger partial charge is 0.279 e. The summed E-state index contributed by atoms with van der Waals surface area (Å²) in [5.41, 5.74) is 2.39. The Morgan fingerprint density at radius 1 is 0.867 bits per heavy atom. The summed E-state index contributed by atoms with van der Waals surface area (Å²) < 4.78 is 16.5. The van der Waals surface area contributed by atoms with Gasteiger partial charge in [0.2, 0.25) is 0 Å². The van der Waals surface area contributed by atoms with E-state index in [-0.39, 0.29) is 16.9 Å². The maximum Gasteiger partial charge on any atom is 0.279 e. The molecule has 0 atom stereocenters.